The molecule has 28 heavy (non-hydrogen) atoms. The van der Waals surface area contributed by atoms with Gasteiger partial charge < -0.3 is 10.6 Å². The van der Waals surface area contributed by atoms with Gasteiger partial charge in [0, 0.05) is 38.2 Å². The van der Waals surface area contributed by atoms with E-state index in [1.807, 2.05) is 12.1 Å². The predicted octanol–water partition coefficient (Wildman–Crippen LogP) is 0.474. The van der Waals surface area contributed by atoms with Gasteiger partial charge in [0.05, 0.1) is 0 Å². The van der Waals surface area contributed by atoms with Gasteiger partial charge in [-0.15, -0.1) is 0 Å². The van der Waals surface area contributed by atoms with Crippen LogP contribution in [0.25, 0.3) is 0 Å². The number of fused-ring (bicyclic) bond motifs is 2. The van der Waals surface area contributed by atoms with Crippen LogP contribution < -0.4 is 11.1 Å². The Balaban J connectivity index is 1.27. The van der Waals surface area contributed by atoms with Gasteiger partial charge in [-0.1, -0.05) is 12.1 Å². The first kappa shape index (κ1) is 17.8. The number of nitrogens with zero attached hydrogens (tertiary/aromatic N) is 2. The Labute approximate surface area is 164 Å². The minimum Gasteiger partial charge on any atom is -0.330 e. The molecule has 0 spiro atoms. The van der Waals surface area contributed by atoms with Crippen molar-refractivity contribution >= 4 is 17.7 Å². The molecule has 2 saturated heterocycles. The van der Waals surface area contributed by atoms with Gasteiger partial charge in [0.15, 0.2) is 0 Å². The molecule has 0 aromatic heterocycles. The van der Waals surface area contributed by atoms with E-state index in [2.05, 4.69) is 16.3 Å². The molecule has 4 atom stereocenters. The fourth-order valence-electron chi connectivity index (χ4n) is 5.52. The largest absolute Gasteiger partial charge is 0.330 e. The van der Waals surface area contributed by atoms with Crippen molar-refractivity contribution in [2.45, 2.75) is 38.4 Å². The van der Waals surface area contributed by atoms with Gasteiger partial charge in [-0.25, -0.2) is 0 Å². The quantitative estimate of drug-likeness (QED) is 0.739. The standard InChI is InChI=1S/C21H26N4O3/c22-7-13-6-15-9-24(11-17(13)15)8-12-1-2-16-14(5-12)10-25(21(16)28)18-3-4-19(26)23-20(18)27/h1-2,5,13,15,17-18H,3-4,6-11,22H2,(H,23,26,27). The van der Waals surface area contributed by atoms with Gasteiger partial charge in [-0.3, -0.25) is 24.6 Å². The number of carbonyl (C=O) groups is 3. The summed E-state index contributed by atoms with van der Waals surface area (Å²) in [5.41, 5.74) is 8.72. The SMILES string of the molecule is NCC1CC2CN(Cc3ccc4c(c3)CN(C3CCC(=O)NC3=O)C4=O)CC12. The van der Waals surface area contributed by atoms with Crippen molar-refractivity contribution in [1.82, 2.24) is 15.1 Å². The molecule has 148 valence electrons. The monoisotopic (exact) mass is 382 g/mol. The van der Waals surface area contributed by atoms with E-state index in [-0.39, 0.29) is 24.1 Å². The highest BCUT2D eigenvalue weighted by Gasteiger charge is 2.46. The average Bonchev–Trinajstić information content (AvgIpc) is 3.14. The molecule has 7 nitrogen and oxygen atoms in total. The van der Waals surface area contributed by atoms with E-state index in [1.54, 1.807) is 4.90 Å². The molecule has 3 heterocycles. The minimum absolute atomic E-state index is 0.110. The van der Waals surface area contributed by atoms with Crippen LogP contribution in [0.5, 0.6) is 0 Å². The lowest BCUT2D eigenvalue weighted by molar-refractivity contribution is -0.136. The number of benzene rings is 1. The second-order valence-corrected chi connectivity index (χ2v) is 8.74. The van der Waals surface area contributed by atoms with Crippen LogP contribution in [-0.2, 0) is 22.7 Å². The number of carbonyl (C=O) groups excluding carboxylic acids is 3. The van der Waals surface area contributed by atoms with Crippen LogP contribution in [0.15, 0.2) is 18.2 Å². The van der Waals surface area contributed by atoms with Crippen LogP contribution in [0.3, 0.4) is 0 Å². The fourth-order valence-corrected chi connectivity index (χ4v) is 5.52. The molecule has 5 rings (SSSR count). The van der Waals surface area contributed by atoms with Gasteiger partial charge in [0.25, 0.3) is 5.91 Å². The zero-order chi connectivity index (χ0) is 19.4. The second-order valence-electron chi connectivity index (χ2n) is 8.74. The number of hydrogen-bond donors (Lipinski definition) is 2. The zero-order valence-corrected chi connectivity index (χ0v) is 15.9. The van der Waals surface area contributed by atoms with E-state index in [0.717, 1.165) is 43.6 Å². The molecule has 1 saturated carbocycles. The van der Waals surface area contributed by atoms with E-state index in [1.165, 1.54) is 12.0 Å². The second kappa shape index (κ2) is 6.67. The summed E-state index contributed by atoms with van der Waals surface area (Å²) in [5, 5.41) is 2.35. The molecule has 1 aromatic rings. The van der Waals surface area contributed by atoms with Gasteiger partial charge in [-0.2, -0.15) is 0 Å². The van der Waals surface area contributed by atoms with E-state index in [0.29, 0.717) is 24.4 Å². The third kappa shape index (κ3) is 2.84. The summed E-state index contributed by atoms with van der Waals surface area (Å²) in [6.07, 6.45) is 1.94. The molecule has 7 heteroatoms. The van der Waals surface area contributed by atoms with Crippen molar-refractivity contribution in [1.29, 1.82) is 0 Å². The molecule has 1 aliphatic carbocycles. The molecule has 0 radical (unpaired) electrons. The number of piperidine rings is 1. The highest BCUT2D eigenvalue weighted by molar-refractivity contribution is 6.05. The van der Waals surface area contributed by atoms with Crippen LogP contribution in [0, 0.1) is 17.8 Å². The maximum absolute atomic E-state index is 12.8. The Morgan fingerprint density at radius 2 is 2.04 bits per heavy atom. The summed E-state index contributed by atoms with van der Waals surface area (Å²) in [5.74, 6) is 1.51. The lowest BCUT2D eigenvalue weighted by Gasteiger charge is -2.38. The smallest absolute Gasteiger partial charge is 0.255 e. The molecule has 3 amide bonds. The Morgan fingerprint density at radius 1 is 1.18 bits per heavy atom. The zero-order valence-electron chi connectivity index (χ0n) is 15.9. The summed E-state index contributed by atoms with van der Waals surface area (Å²) in [7, 11) is 0. The van der Waals surface area contributed by atoms with Gasteiger partial charge >= 0.3 is 0 Å². The van der Waals surface area contributed by atoms with E-state index in [4.69, 9.17) is 5.73 Å². The van der Waals surface area contributed by atoms with Crippen LogP contribution >= 0.6 is 0 Å². The van der Waals surface area contributed by atoms with Crippen LogP contribution in [0.1, 0.15) is 40.7 Å². The maximum atomic E-state index is 12.8. The lowest BCUT2D eigenvalue weighted by Crippen LogP contribution is -2.52. The first-order chi connectivity index (χ1) is 13.5. The third-order valence-corrected chi connectivity index (χ3v) is 7.08. The Hall–Kier alpha value is -2.25. The van der Waals surface area contributed by atoms with Crippen molar-refractivity contribution in [2.24, 2.45) is 23.5 Å². The Bertz CT molecular complexity index is 854. The van der Waals surface area contributed by atoms with Crippen molar-refractivity contribution in [3.8, 4) is 0 Å². The number of hydrogen-bond acceptors (Lipinski definition) is 5. The summed E-state index contributed by atoms with van der Waals surface area (Å²) >= 11 is 0. The molecule has 3 N–H and O–H groups in total. The summed E-state index contributed by atoms with van der Waals surface area (Å²) in [4.78, 5) is 40.4. The predicted molar refractivity (Wildman–Crippen MR) is 102 cm³/mol. The first-order valence-electron chi connectivity index (χ1n) is 10.2. The molecule has 4 aliphatic rings. The van der Waals surface area contributed by atoms with Gasteiger partial charge in [0.1, 0.15) is 6.04 Å². The summed E-state index contributed by atoms with van der Waals surface area (Å²) < 4.78 is 0. The molecule has 0 bridgehead atoms. The number of amides is 3. The lowest BCUT2D eigenvalue weighted by atomic mass is 9.67. The van der Waals surface area contributed by atoms with E-state index >= 15 is 0 Å². The highest BCUT2D eigenvalue weighted by atomic mass is 16.2. The van der Waals surface area contributed by atoms with Gasteiger partial charge in [-0.05, 0) is 54.3 Å². The number of likely N-dealkylation sites (tertiary alicyclic amines) is 1. The maximum Gasteiger partial charge on any atom is 0.255 e. The van der Waals surface area contributed by atoms with Crippen molar-refractivity contribution < 1.29 is 14.4 Å². The average molecular weight is 382 g/mol. The highest BCUT2D eigenvalue weighted by Crippen LogP contribution is 2.45. The van der Waals surface area contributed by atoms with Gasteiger partial charge in [0.2, 0.25) is 11.8 Å². The molecular formula is C21H26N4O3. The Morgan fingerprint density at radius 3 is 2.82 bits per heavy atom. The van der Waals surface area contributed by atoms with E-state index < -0.39 is 6.04 Å². The number of nitrogens with one attached hydrogen (secondary N) is 1. The minimum atomic E-state index is -0.552. The van der Waals surface area contributed by atoms with Crippen LogP contribution in [-0.4, -0.2) is 53.2 Å². The molecular weight excluding hydrogens is 356 g/mol. The topological polar surface area (TPSA) is 95.7 Å². The fraction of sp³-hybridized carbons (Fsp3) is 0.571. The van der Waals surface area contributed by atoms with Crippen LogP contribution in [0.2, 0.25) is 0 Å². The van der Waals surface area contributed by atoms with Crippen molar-refractivity contribution in [2.75, 3.05) is 19.6 Å². The molecule has 4 unspecified atom stereocenters. The molecule has 3 fully saturated rings. The first-order valence-corrected chi connectivity index (χ1v) is 10.2. The van der Waals surface area contributed by atoms with Crippen molar-refractivity contribution in [3.05, 3.63) is 34.9 Å². The summed E-state index contributed by atoms with van der Waals surface area (Å²) in [6, 6.07) is 5.49. The third-order valence-electron chi connectivity index (χ3n) is 7.08. The molecule has 3 aliphatic heterocycles. The normalized spacial score (nSPS) is 32.2. The number of imide groups is 1. The Kier molecular flexibility index (Phi) is 4.25. The summed E-state index contributed by atoms with van der Waals surface area (Å²) in [6.45, 7) is 4.38. The molecule has 1 aromatic carbocycles. The van der Waals surface area contributed by atoms with E-state index in [9.17, 15) is 14.4 Å². The number of rotatable bonds is 4. The van der Waals surface area contributed by atoms with Crippen LogP contribution in [0.4, 0.5) is 0 Å². The van der Waals surface area contributed by atoms with Crippen molar-refractivity contribution in [3.63, 3.8) is 0 Å². The number of nitrogens with two attached hydrogens (primary N) is 1.